The molecule has 0 spiro atoms. The predicted molar refractivity (Wildman–Crippen MR) is 109 cm³/mol. The summed E-state index contributed by atoms with van der Waals surface area (Å²) >= 11 is 9.10. The SMILES string of the molecule is CCc1ccc([C@H](NC(=S)NCCCSC)c2cccs2)cc1. The summed E-state index contributed by atoms with van der Waals surface area (Å²) in [5.41, 5.74) is 2.61. The second-order valence-electron chi connectivity index (χ2n) is 5.29. The lowest BCUT2D eigenvalue weighted by atomic mass is 10.0. The van der Waals surface area contributed by atoms with Crippen LogP contribution in [0.25, 0.3) is 0 Å². The van der Waals surface area contributed by atoms with Crippen LogP contribution in [-0.2, 0) is 6.42 Å². The van der Waals surface area contributed by atoms with E-state index in [0.29, 0.717) is 0 Å². The number of aryl methyl sites for hydroxylation is 1. The molecule has 1 aromatic heterocycles. The normalized spacial score (nSPS) is 11.9. The smallest absolute Gasteiger partial charge is 0.167 e. The molecule has 2 rings (SSSR count). The van der Waals surface area contributed by atoms with Gasteiger partial charge in [0.1, 0.15) is 0 Å². The van der Waals surface area contributed by atoms with E-state index in [-0.39, 0.29) is 6.04 Å². The second kappa shape index (κ2) is 9.96. The van der Waals surface area contributed by atoms with Crippen LogP contribution in [-0.4, -0.2) is 23.7 Å². The highest BCUT2D eigenvalue weighted by Crippen LogP contribution is 2.26. The highest BCUT2D eigenvalue weighted by Gasteiger charge is 2.16. The van der Waals surface area contributed by atoms with Crippen molar-refractivity contribution in [1.82, 2.24) is 10.6 Å². The minimum Gasteiger partial charge on any atom is -0.363 e. The Morgan fingerprint density at radius 1 is 1.26 bits per heavy atom. The van der Waals surface area contributed by atoms with Gasteiger partial charge in [-0.2, -0.15) is 11.8 Å². The Morgan fingerprint density at radius 3 is 2.65 bits per heavy atom. The standard InChI is InChI=1S/C18H24N2S3/c1-3-14-7-9-15(10-8-14)17(16-6-4-13-23-16)20-18(21)19-11-5-12-22-2/h4,6-10,13,17H,3,5,11-12H2,1-2H3,(H2,19,20,21)/t17-/m0/s1. The van der Waals surface area contributed by atoms with Crippen LogP contribution in [0.15, 0.2) is 41.8 Å². The minimum atomic E-state index is 0.112. The number of hydrogen-bond acceptors (Lipinski definition) is 3. The van der Waals surface area contributed by atoms with Gasteiger partial charge in [0.25, 0.3) is 0 Å². The third-order valence-electron chi connectivity index (χ3n) is 3.64. The van der Waals surface area contributed by atoms with Crippen molar-refractivity contribution >= 4 is 40.4 Å². The molecule has 0 amide bonds. The fourth-order valence-electron chi connectivity index (χ4n) is 2.32. The Morgan fingerprint density at radius 2 is 2.04 bits per heavy atom. The Hall–Kier alpha value is -1.04. The van der Waals surface area contributed by atoms with E-state index in [9.17, 15) is 0 Å². The van der Waals surface area contributed by atoms with E-state index in [1.165, 1.54) is 16.0 Å². The molecule has 0 unspecified atom stereocenters. The number of thiophene rings is 1. The first-order valence-corrected chi connectivity index (χ1v) is 10.6. The lowest BCUT2D eigenvalue weighted by Crippen LogP contribution is -2.38. The summed E-state index contributed by atoms with van der Waals surface area (Å²) in [6, 6.07) is 13.2. The molecular formula is C18H24N2S3. The molecule has 2 nitrogen and oxygen atoms in total. The maximum absolute atomic E-state index is 5.48. The number of thiocarbonyl (C=S) groups is 1. The minimum absolute atomic E-state index is 0.112. The molecule has 0 aliphatic carbocycles. The molecule has 0 bridgehead atoms. The molecule has 1 aromatic carbocycles. The van der Waals surface area contributed by atoms with E-state index in [1.54, 1.807) is 11.3 Å². The molecule has 5 heteroatoms. The molecule has 0 fully saturated rings. The fourth-order valence-corrected chi connectivity index (χ4v) is 3.78. The van der Waals surface area contributed by atoms with Crippen molar-refractivity contribution in [1.29, 1.82) is 0 Å². The van der Waals surface area contributed by atoms with Crippen LogP contribution in [0, 0.1) is 0 Å². The van der Waals surface area contributed by atoms with E-state index >= 15 is 0 Å². The zero-order valence-corrected chi connectivity index (χ0v) is 16.1. The van der Waals surface area contributed by atoms with Crippen molar-refractivity contribution in [3.8, 4) is 0 Å². The van der Waals surface area contributed by atoms with Crippen molar-refractivity contribution < 1.29 is 0 Å². The summed E-state index contributed by atoms with van der Waals surface area (Å²) in [6.45, 7) is 3.09. The molecule has 0 aliphatic heterocycles. The lowest BCUT2D eigenvalue weighted by Gasteiger charge is -2.21. The first-order valence-electron chi connectivity index (χ1n) is 7.90. The zero-order chi connectivity index (χ0) is 16.5. The predicted octanol–water partition coefficient (Wildman–Crippen LogP) is 4.62. The van der Waals surface area contributed by atoms with Crippen LogP contribution in [0.5, 0.6) is 0 Å². The summed E-state index contributed by atoms with van der Waals surface area (Å²) < 4.78 is 0. The topological polar surface area (TPSA) is 24.1 Å². The van der Waals surface area contributed by atoms with Crippen LogP contribution in [0.4, 0.5) is 0 Å². The maximum atomic E-state index is 5.48. The molecular weight excluding hydrogens is 340 g/mol. The first kappa shape index (κ1) is 18.3. The Balaban J connectivity index is 2.04. The highest BCUT2D eigenvalue weighted by molar-refractivity contribution is 7.98. The van der Waals surface area contributed by atoms with Crippen molar-refractivity contribution in [2.24, 2.45) is 0 Å². The molecule has 0 radical (unpaired) electrons. The third kappa shape index (κ3) is 5.83. The maximum Gasteiger partial charge on any atom is 0.167 e. The van der Waals surface area contributed by atoms with Gasteiger partial charge >= 0.3 is 0 Å². The van der Waals surface area contributed by atoms with Crippen molar-refractivity contribution in [2.45, 2.75) is 25.8 Å². The molecule has 0 saturated heterocycles. The third-order valence-corrected chi connectivity index (χ3v) is 5.53. The Bertz CT molecular complexity index is 579. The van der Waals surface area contributed by atoms with E-state index in [1.807, 2.05) is 11.8 Å². The van der Waals surface area contributed by atoms with E-state index < -0.39 is 0 Å². The van der Waals surface area contributed by atoms with Gasteiger partial charge in [0.2, 0.25) is 0 Å². The fraction of sp³-hybridized carbons (Fsp3) is 0.389. The average molecular weight is 365 g/mol. The quantitative estimate of drug-likeness (QED) is 0.527. The second-order valence-corrected chi connectivity index (χ2v) is 7.66. The van der Waals surface area contributed by atoms with Crippen LogP contribution in [0.3, 0.4) is 0 Å². The zero-order valence-electron chi connectivity index (χ0n) is 13.7. The van der Waals surface area contributed by atoms with Gasteiger partial charge < -0.3 is 10.6 Å². The summed E-state index contributed by atoms with van der Waals surface area (Å²) in [4.78, 5) is 1.28. The monoisotopic (exact) mass is 364 g/mol. The van der Waals surface area contributed by atoms with Crippen molar-refractivity contribution in [3.63, 3.8) is 0 Å². The Labute approximate surface area is 153 Å². The summed E-state index contributed by atoms with van der Waals surface area (Å²) in [6.07, 6.45) is 4.31. The number of nitrogens with one attached hydrogen (secondary N) is 2. The van der Waals surface area contributed by atoms with Crippen LogP contribution >= 0.6 is 35.3 Å². The molecule has 23 heavy (non-hydrogen) atoms. The van der Waals surface area contributed by atoms with Crippen LogP contribution in [0.1, 0.15) is 35.4 Å². The van der Waals surface area contributed by atoms with Gasteiger partial charge in [0.05, 0.1) is 6.04 Å². The lowest BCUT2D eigenvalue weighted by molar-refractivity contribution is 0.740. The molecule has 1 heterocycles. The summed E-state index contributed by atoms with van der Waals surface area (Å²) in [7, 11) is 0. The molecule has 2 aromatic rings. The molecule has 0 saturated carbocycles. The van der Waals surface area contributed by atoms with Gasteiger partial charge in [-0.3, -0.25) is 0 Å². The summed E-state index contributed by atoms with van der Waals surface area (Å²) in [5, 5.41) is 9.62. The van der Waals surface area contributed by atoms with Crippen molar-refractivity contribution in [2.75, 3.05) is 18.6 Å². The van der Waals surface area contributed by atoms with Crippen LogP contribution < -0.4 is 10.6 Å². The van der Waals surface area contributed by atoms with Crippen molar-refractivity contribution in [3.05, 3.63) is 57.8 Å². The van der Waals surface area contributed by atoms with E-state index in [2.05, 4.69) is 65.6 Å². The number of rotatable bonds is 8. The highest BCUT2D eigenvalue weighted by atomic mass is 32.2. The van der Waals surface area contributed by atoms with Gasteiger partial charge in [-0.25, -0.2) is 0 Å². The molecule has 0 aliphatic rings. The van der Waals surface area contributed by atoms with Gasteiger partial charge in [-0.1, -0.05) is 37.3 Å². The van der Waals surface area contributed by atoms with Gasteiger partial charge in [0.15, 0.2) is 5.11 Å². The van der Waals surface area contributed by atoms with Gasteiger partial charge in [-0.15, -0.1) is 11.3 Å². The molecule has 1 atom stereocenters. The number of thioether (sulfide) groups is 1. The van der Waals surface area contributed by atoms with Crippen LogP contribution in [0.2, 0.25) is 0 Å². The summed E-state index contributed by atoms with van der Waals surface area (Å²) in [5.74, 6) is 1.16. The molecule has 124 valence electrons. The largest absolute Gasteiger partial charge is 0.363 e. The number of hydrogen-bond donors (Lipinski definition) is 2. The molecule has 2 N–H and O–H groups in total. The van der Waals surface area contributed by atoms with E-state index in [4.69, 9.17) is 12.2 Å². The van der Waals surface area contributed by atoms with E-state index in [0.717, 1.165) is 30.3 Å². The average Bonchev–Trinajstić information content (AvgIpc) is 3.11. The van der Waals surface area contributed by atoms with Gasteiger partial charge in [0, 0.05) is 11.4 Å². The van der Waals surface area contributed by atoms with Gasteiger partial charge in [-0.05, 0) is 59.6 Å². The first-order chi connectivity index (χ1) is 11.2. The Kier molecular flexibility index (Phi) is 7.92. The number of benzene rings is 1.